The van der Waals surface area contributed by atoms with Gasteiger partial charge in [-0.05, 0) is 42.5 Å². The summed E-state index contributed by atoms with van der Waals surface area (Å²) in [7, 11) is 0. The summed E-state index contributed by atoms with van der Waals surface area (Å²) in [6.45, 7) is 3.80. The Labute approximate surface area is 287 Å². The lowest BCUT2D eigenvalue weighted by Gasteiger charge is -2.25. The molecule has 0 saturated heterocycles. The molecular formula is C39H44N4O6. The molecule has 4 unspecified atom stereocenters. The van der Waals surface area contributed by atoms with Gasteiger partial charge in [0, 0.05) is 24.9 Å². The molecule has 4 amide bonds. The molecule has 4 aromatic rings. The van der Waals surface area contributed by atoms with Gasteiger partial charge in [0.25, 0.3) is 0 Å². The van der Waals surface area contributed by atoms with Crippen LogP contribution in [0.4, 0.5) is 9.59 Å². The SMILES string of the molecule is CC(CC(C)NC(=O)C(Cc1ccccc1)NC(=O)OCc1ccccc1)NC(=O)C(Cc1ccccc1)NC(=O)OCc1ccccc1. The lowest BCUT2D eigenvalue weighted by Crippen LogP contribution is -2.53. The average molecular weight is 665 g/mol. The Morgan fingerprint density at radius 1 is 0.469 bits per heavy atom. The minimum atomic E-state index is -0.889. The van der Waals surface area contributed by atoms with Crippen LogP contribution in [-0.2, 0) is 45.1 Å². The maximum absolute atomic E-state index is 13.4. The van der Waals surface area contributed by atoms with Crippen molar-refractivity contribution in [3.05, 3.63) is 144 Å². The van der Waals surface area contributed by atoms with E-state index in [1.165, 1.54) is 0 Å². The normalized spacial score (nSPS) is 13.1. The lowest BCUT2D eigenvalue weighted by atomic mass is 10.0. The smallest absolute Gasteiger partial charge is 0.408 e. The lowest BCUT2D eigenvalue weighted by molar-refractivity contribution is -0.123. The van der Waals surface area contributed by atoms with Crippen molar-refractivity contribution < 1.29 is 28.7 Å². The maximum atomic E-state index is 13.4. The van der Waals surface area contributed by atoms with Crippen LogP contribution in [0.3, 0.4) is 0 Å². The van der Waals surface area contributed by atoms with Crippen LogP contribution in [0.25, 0.3) is 0 Å². The number of amides is 4. The van der Waals surface area contributed by atoms with E-state index < -0.39 is 24.3 Å². The second-order valence-electron chi connectivity index (χ2n) is 12.0. The van der Waals surface area contributed by atoms with Crippen LogP contribution < -0.4 is 21.3 Å². The highest BCUT2D eigenvalue weighted by Crippen LogP contribution is 2.09. The molecule has 0 aliphatic carbocycles. The van der Waals surface area contributed by atoms with E-state index in [4.69, 9.17) is 9.47 Å². The fraction of sp³-hybridized carbons (Fsp3) is 0.282. The van der Waals surface area contributed by atoms with Crippen LogP contribution in [-0.4, -0.2) is 48.2 Å². The number of carbonyl (C=O) groups is 4. The van der Waals surface area contributed by atoms with Gasteiger partial charge in [-0.2, -0.15) is 0 Å². The molecule has 0 saturated carbocycles. The molecule has 4 aromatic carbocycles. The summed E-state index contributed by atoms with van der Waals surface area (Å²) in [5, 5.41) is 11.4. The topological polar surface area (TPSA) is 135 Å². The summed E-state index contributed by atoms with van der Waals surface area (Å²) in [6.07, 6.45) is -0.483. The second-order valence-corrected chi connectivity index (χ2v) is 12.0. The summed E-state index contributed by atoms with van der Waals surface area (Å²) in [5.74, 6) is -0.757. The first-order chi connectivity index (χ1) is 23.7. The van der Waals surface area contributed by atoms with Crippen LogP contribution in [0, 0.1) is 0 Å². The Morgan fingerprint density at radius 2 is 0.776 bits per heavy atom. The van der Waals surface area contributed by atoms with Crippen LogP contribution in [0.2, 0.25) is 0 Å². The third-order valence-electron chi connectivity index (χ3n) is 7.69. The van der Waals surface area contributed by atoms with Crippen molar-refractivity contribution in [1.82, 2.24) is 21.3 Å². The van der Waals surface area contributed by atoms with Crippen molar-refractivity contribution in [3.63, 3.8) is 0 Å². The highest BCUT2D eigenvalue weighted by Gasteiger charge is 2.26. The number of benzene rings is 4. The van der Waals surface area contributed by atoms with Gasteiger partial charge in [-0.15, -0.1) is 0 Å². The van der Waals surface area contributed by atoms with Gasteiger partial charge in [0.1, 0.15) is 25.3 Å². The van der Waals surface area contributed by atoms with E-state index in [-0.39, 0.29) is 50.0 Å². The molecule has 0 radical (unpaired) electrons. The molecule has 10 heteroatoms. The van der Waals surface area contributed by atoms with Gasteiger partial charge in [-0.1, -0.05) is 121 Å². The van der Waals surface area contributed by atoms with E-state index in [1.807, 2.05) is 135 Å². The Morgan fingerprint density at radius 3 is 1.10 bits per heavy atom. The molecule has 4 atom stereocenters. The summed E-state index contributed by atoms with van der Waals surface area (Å²) in [6, 6.07) is 34.8. The number of alkyl carbamates (subject to hydrolysis) is 2. The molecule has 49 heavy (non-hydrogen) atoms. The fourth-order valence-corrected chi connectivity index (χ4v) is 5.27. The van der Waals surface area contributed by atoms with Gasteiger partial charge in [0.2, 0.25) is 11.8 Å². The number of hydrogen-bond acceptors (Lipinski definition) is 6. The Hall–Kier alpha value is -5.64. The first-order valence-corrected chi connectivity index (χ1v) is 16.4. The molecule has 0 bridgehead atoms. The van der Waals surface area contributed by atoms with Crippen molar-refractivity contribution in [1.29, 1.82) is 0 Å². The first kappa shape index (κ1) is 36.2. The Kier molecular flexibility index (Phi) is 14.2. The van der Waals surface area contributed by atoms with Gasteiger partial charge in [-0.3, -0.25) is 9.59 Å². The van der Waals surface area contributed by atoms with Crippen molar-refractivity contribution in [2.75, 3.05) is 0 Å². The molecule has 0 fully saturated rings. The minimum Gasteiger partial charge on any atom is -0.445 e. The van der Waals surface area contributed by atoms with E-state index in [9.17, 15) is 19.2 Å². The van der Waals surface area contributed by atoms with Gasteiger partial charge < -0.3 is 30.7 Å². The highest BCUT2D eigenvalue weighted by atomic mass is 16.6. The molecule has 0 aliphatic heterocycles. The van der Waals surface area contributed by atoms with E-state index in [2.05, 4.69) is 21.3 Å². The van der Waals surface area contributed by atoms with Crippen LogP contribution in [0.5, 0.6) is 0 Å². The molecule has 4 N–H and O–H groups in total. The monoisotopic (exact) mass is 664 g/mol. The molecule has 0 heterocycles. The maximum Gasteiger partial charge on any atom is 0.408 e. The summed E-state index contributed by atoms with van der Waals surface area (Å²) >= 11 is 0. The summed E-state index contributed by atoms with van der Waals surface area (Å²) in [5.41, 5.74) is 3.41. The first-order valence-electron chi connectivity index (χ1n) is 16.4. The van der Waals surface area contributed by atoms with Gasteiger partial charge in [0.05, 0.1) is 0 Å². The zero-order valence-electron chi connectivity index (χ0n) is 27.8. The molecular weight excluding hydrogens is 620 g/mol. The number of carbonyl (C=O) groups excluding carboxylic acids is 4. The summed E-state index contributed by atoms with van der Waals surface area (Å²) in [4.78, 5) is 52.3. The molecule has 4 rings (SSSR count). The number of nitrogens with one attached hydrogen (secondary N) is 4. The van der Waals surface area contributed by atoms with Crippen LogP contribution in [0.15, 0.2) is 121 Å². The fourth-order valence-electron chi connectivity index (χ4n) is 5.27. The Balaban J connectivity index is 1.32. The van der Waals surface area contributed by atoms with E-state index >= 15 is 0 Å². The van der Waals surface area contributed by atoms with Crippen molar-refractivity contribution in [2.24, 2.45) is 0 Å². The van der Waals surface area contributed by atoms with E-state index in [0.29, 0.717) is 6.42 Å². The molecule has 256 valence electrons. The average Bonchev–Trinajstić information content (AvgIpc) is 3.11. The van der Waals surface area contributed by atoms with E-state index in [1.54, 1.807) is 0 Å². The third kappa shape index (κ3) is 13.2. The van der Waals surface area contributed by atoms with Gasteiger partial charge in [-0.25, -0.2) is 9.59 Å². The standard InChI is InChI=1S/C39H44N4O6/c1-28(40-36(44)34(24-30-15-7-3-8-16-30)42-38(46)48-26-32-19-11-5-12-20-32)23-29(2)41-37(45)35(25-31-17-9-4-10-18-31)43-39(47)49-27-33-21-13-6-14-22-33/h3-22,28-29,34-35H,23-27H2,1-2H3,(H,40,44)(H,41,45)(H,42,46)(H,43,47). The molecule has 0 spiro atoms. The van der Waals surface area contributed by atoms with Crippen molar-refractivity contribution >= 4 is 24.0 Å². The molecule has 10 nitrogen and oxygen atoms in total. The van der Waals surface area contributed by atoms with Crippen LogP contribution in [0.1, 0.15) is 42.5 Å². The predicted octanol–water partition coefficient (Wildman–Crippen LogP) is 5.46. The quantitative estimate of drug-likeness (QED) is 0.126. The molecule has 0 aliphatic rings. The predicted molar refractivity (Wildman–Crippen MR) is 187 cm³/mol. The third-order valence-corrected chi connectivity index (χ3v) is 7.69. The van der Waals surface area contributed by atoms with Gasteiger partial charge in [0.15, 0.2) is 0 Å². The number of rotatable bonds is 16. The zero-order valence-corrected chi connectivity index (χ0v) is 27.8. The van der Waals surface area contributed by atoms with Crippen molar-refractivity contribution in [3.8, 4) is 0 Å². The Bertz CT molecular complexity index is 1490. The zero-order chi connectivity index (χ0) is 34.8. The van der Waals surface area contributed by atoms with Crippen molar-refractivity contribution in [2.45, 2.75) is 70.5 Å². The summed E-state index contributed by atoms with van der Waals surface area (Å²) < 4.78 is 10.7. The second kappa shape index (κ2) is 19.2. The van der Waals surface area contributed by atoms with Crippen LogP contribution >= 0.6 is 0 Å². The number of ether oxygens (including phenoxy) is 2. The van der Waals surface area contributed by atoms with Gasteiger partial charge >= 0.3 is 12.2 Å². The minimum absolute atomic E-state index is 0.0742. The largest absolute Gasteiger partial charge is 0.445 e. The highest BCUT2D eigenvalue weighted by molar-refractivity contribution is 5.87. The van der Waals surface area contributed by atoms with E-state index in [0.717, 1.165) is 22.3 Å². The molecule has 0 aromatic heterocycles. The number of hydrogen-bond donors (Lipinski definition) is 4.